The second-order valence-corrected chi connectivity index (χ2v) is 5.90. The van der Waals surface area contributed by atoms with Crippen molar-refractivity contribution in [2.24, 2.45) is 5.92 Å². The molecule has 132 valence electrons. The van der Waals surface area contributed by atoms with Crippen LogP contribution in [0.15, 0.2) is 0 Å². The van der Waals surface area contributed by atoms with Gasteiger partial charge in [-0.15, -0.1) is 0 Å². The summed E-state index contributed by atoms with van der Waals surface area (Å²) in [5.74, 6) is -0.632. The molecule has 0 aromatic heterocycles. The molecular weight excluding hydrogens is 302 g/mol. The first-order valence-electron chi connectivity index (χ1n) is 7.87. The number of ether oxygens (including phenoxy) is 2. The van der Waals surface area contributed by atoms with Crippen LogP contribution in [0.1, 0.15) is 20.3 Å². The number of methoxy groups -OCH3 is 1. The first-order valence-corrected chi connectivity index (χ1v) is 7.87. The fourth-order valence-corrected chi connectivity index (χ4v) is 2.18. The Morgan fingerprint density at radius 2 is 2.17 bits per heavy atom. The summed E-state index contributed by atoms with van der Waals surface area (Å²) in [6, 6.07) is -0.670. The first kappa shape index (κ1) is 19.4. The molecule has 1 aliphatic heterocycles. The Hall–Kier alpha value is -1.67. The molecule has 2 N–H and O–H groups in total. The summed E-state index contributed by atoms with van der Waals surface area (Å²) < 4.78 is 9.99. The van der Waals surface area contributed by atoms with Crippen LogP contribution in [0.25, 0.3) is 0 Å². The molecule has 1 fully saturated rings. The molecule has 0 spiro atoms. The van der Waals surface area contributed by atoms with E-state index in [4.69, 9.17) is 9.47 Å². The maximum atomic E-state index is 12.0. The molecule has 1 atom stereocenters. The number of piperazine rings is 1. The fraction of sp³-hybridized carbons (Fsp3) is 0.800. The Kier molecular flexibility index (Phi) is 8.57. The zero-order valence-electron chi connectivity index (χ0n) is 14.1. The van der Waals surface area contributed by atoms with Gasteiger partial charge in [0.2, 0.25) is 11.8 Å². The lowest BCUT2D eigenvalue weighted by atomic mass is 10.1. The van der Waals surface area contributed by atoms with E-state index in [2.05, 4.69) is 10.6 Å². The molecule has 0 bridgehead atoms. The Morgan fingerprint density at radius 3 is 2.83 bits per heavy atom. The number of nitrogens with one attached hydrogen (secondary N) is 2. The minimum absolute atomic E-state index is 0.0517. The van der Waals surface area contributed by atoms with Crippen LogP contribution in [-0.2, 0) is 23.9 Å². The van der Waals surface area contributed by atoms with E-state index >= 15 is 0 Å². The van der Waals surface area contributed by atoms with Gasteiger partial charge in [-0.25, -0.2) is 0 Å². The predicted molar refractivity (Wildman–Crippen MR) is 83.7 cm³/mol. The number of carbonyl (C=O) groups is 3. The van der Waals surface area contributed by atoms with Crippen LogP contribution >= 0.6 is 0 Å². The van der Waals surface area contributed by atoms with Gasteiger partial charge in [-0.05, 0) is 5.92 Å². The number of rotatable bonds is 9. The second-order valence-electron chi connectivity index (χ2n) is 5.90. The number of esters is 1. The largest absolute Gasteiger partial charge is 0.465 e. The number of nitrogens with zero attached hydrogens (tertiary/aromatic N) is 1. The Balaban J connectivity index is 2.52. The lowest BCUT2D eigenvalue weighted by molar-refractivity contribution is -0.150. The van der Waals surface area contributed by atoms with Crippen LogP contribution in [0.2, 0.25) is 0 Å². The highest BCUT2D eigenvalue weighted by Crippen LogP contribution is 2.10. The topological polar surface area (TPSA) is 97.0 Å². The van der Waals surface area contributed by atoms with Gasteiger partial charge in [-0.1, -0.05) is 13.8 Å². The van der Waals surface area contributed by atoms with E-state index in [1.54, 1.807) is 12.0 Å². The standard InChI is InChI=1S/C15H27N3O5/c1-11(2)10-23-14(20)8-12-15(21)17-4-6-18(12)9-13(19)16-5-7-22-3/h11-12H,4-10H2,1-3H3,(H,16,19)(H,17,21). The van der Waals surface area contributed by atoms with Crippen LogP contribution in [0, 0.1) is 5.92 Å². The van der Waals surface area contributed by atoms with Crippen LogP contribution in [0.3, 0.4) is 0 Å². The van der Waals surface area contributed by atoms with Crippen molar-refractivity contribution in [2.75, 3.05) is 46.5 Å². The molecule has 1 aliphatic rings. The van der Waals surface area contributed by atoms with Gasteiger partial charge in [0.1, 0.15) is 6.04 Å². The summed E-state index contributed by atoms with van der Waals surface area (Å²) in [6.07, 6.45) is -0.0517. The van der Waals surface area contributed by atoms with Gasteiger partial charge >= 0.3 is 5.97 Å². The van der Waals surface area contributed by atoms with Gasteiger partial charge in [0.15, 0.2) is 0 Å². The van der Waals surface area contributed by atoms with Crippen LogP contribution in [0.4, 0.5) is 0 Å². The predicted octanol–water partition coefficient (Wildman–Crippen LogP) is -0.861. The molecule has 0 aromatic carbocycles. The maximum absolute atomic E-state index is 12.0. The molecular formula is C15H27N3O5. The average Bonchev–Trinajstić information content (AvgIpc) is 2.49. The SMILES string of the molecule is COCCNC(=O)CN1CCNC(=O)C1CC(=O)OCC(C)C. The number of amides is 2. The van der Waals surface area contributed by atoms with Gasteiger partial charge in [0.05, 0.1) is 26.2 Å². The van der Waals surface area contributed by atoms with Crippen molar-refractivity contribution >= 4 is 17.8 Å². The third kappa shape index (κ3) is 7.43. The van der Waals surface area contributed by atoms with Gasteiger partial charge < -0.3 is 20.1 Å². The lowest BCUT2D eigenvalue weighted by Crippen LogP contribution is -2.58. The molecule has 1 rings (SSSR count). The summed E-state index contributed by atoms with van der Waals surface area (Å²) in [7, 11) is 1.56. The zero-order valence-corrected chi connectivity index (χ0v) is 14.1. The molecule has 2 amide bonds. The average molecular weight is 329 g/mol. The Morgan fingerprint density at radius 1 is 1.43 bits per heavy atom. The quantitative estimate of drug-likeness (QED) is 0.422. The highest BCUT2D eigenvalue weighted by Gasteiger charge is 2.33. The smallest absolute Gasteiger partial charge is 0.307 e. The minimum atomic E-state index is -0.670. The highest BCUT2D eigenvalue weighted by atomic mass is 16.5. The Bertz CT molecular complexity index is 414. The van der Waals surface area contributed by atoms with Gasteiger partial charge in [-0.2, -0.15) is 0 Å². The van der Waals surface area contributed by atoms with E-state index in [1.165, 1.54) is 0 Å². The Labute approximate surface area is 136 Å². The van der Waals surface area contributed by atoms with Crippen molar-refractivity contribution in [3.63, 3.8) is 0 Å². The minimum Gasteiger partial charge on any atom is -0.465 e. The molecule has 0 radical (unpaired) electrons. The summed E-state index contributed by atoms with van der Waals surface area (Å²) in [5, 5.41) is 5.42. The van der Waals surface area contributed by atoms with Crippen LogP contribution < -0.4 is 10.6 Å². The molecule has 23 heavy (non-hydrogen) atoms. The van der Waals surface area contributed by atoms with Gasteiger partial charge in [0.25, 0.3) is 0 Å². The van der Waals surface area contributed by atoms with E-state index in [0.717, 1.165) is 0 Å². The molecule has 8 heteroatoms. The van der Waals surface area contributed by atoms with Gasteiger partial charge in [-0.3, -0.25) is 19.3 Å². The molecule has 1 unspecified atom stereocenters. The summed E-state index contributed by atoms with van der Waals surface area (Å²) in [6.45, 7) is 6.10. The van der Waals surface area contributed by atoms with Crippen molar-refractivity contribution in [2.45, 2.75) is 26.3 Å². The summed E-state index contributed by atoms with van der Waals surface area (Å²) >= 11 is 0. The fourth-order valence-electron chi connectivity index (χ4n) is 2.18. The molecule has 0 saturated carbocycles. The second kappa shape index (κ2) is 10.2. The van der Waals surface area contributed by atoms with Gasteiger partial charge in [0, 0.05) is 26.7 Å². The van der Waals surface area contributed by atoms with Crippen molar-refractivity contribution in [3.8, 4) is 0 Å². The number of hydrogen-bond donors (Lipinski definition) is 2. The third-order valence-corrected chi connectivity index (χ3v) is 3.35. The van der Waals surface area contributed by atoms with E-state index in [-0.39, 0.29) is 30.7 Å². The monoisotopic (exact) mass is 329 g/mol. The maximum Gasteiger partial charge on any atom is 0.307 e. The van der Waals surface area contributed by atoms with Crippen molar-refractivity contribution < 1.29 is 23.9 Å². The zero-order chi connectivity index (χ0) is 17.2. The van der Waals surface area contributed by atoms with Crippen molar-refractivity contribution in [3.05, 3.63) is 0 Å². The first-order chi connectivity index (χ1) is 10.9. The summed E-state index contributed by atoms with van der Waals surface area (Å²) in [5.41, 5.74) is 0. The molecule has 0 aromatic rings. The number of carbonyl (C=O) groups excluding carboxylic acids is 3. The van der Waals surface area contributed by atoms with E-state index in [1.807, 2.05) is 13.8 Å². The normalized spacial score (nSPS) is 18.6. The summed E-state index contributed by atoms with van der Waals surface area (Å²) in [4.78, 5) is 37.5. The van der Waals surface area contributed by atoms with Crippen molar-refractivity contribution in [1.29, 1.82) is 0 Å². The van der Waals surface area contributed by atoms with Crippen LogP contribution in [-0.4, -0.2) is 75.2 Å². The van der Waals surface area contributed by atoms with E-state index in [9.17, 15) is 14.4 Å². The third-order valence-electron chi connectivity index (χ3n) is 3.35. The molecule has 1 heterocycles. The molecule has 0 aliphatic carbocycles. The van der Waals surface area contributed by atoms with Crippen LogP contribution in [0.5, 0.6) is 0 Å². The lowest BCUT2D eigenvalue weighted by Gasteiger charge is -2.33. The molecule has 8 nitrogen and oxygen atoms in total. The van der Waals surface area contributed by atoms with E-state index in [0.29, 0.717) is 32.8 Å². The highest BCUT2D eigenvalue weighted by molar-refractivity contribution is 5.88. The van der Waals surface area contributed by atoms with E-state index < -0.39 is 12.0 Å². The molecule has 1 saturated heterocycles. The number of hydrogen-bond acceptors (Lipinski definition) is 6. The van der Waals surface area contributed by atoms with Crippen molar-refractivity contribution in [1.82, 2.24) is 15.5 Å².